The number of carbonyl (C=O) groups is 1. The molecule has 112 valence electrons. The summed E-state index contributed by atoms with van der Waals surface area (Å²) in [6.07, 6.45) is 0.439. The number of thioether (sulfide) groups is 1. The summed E-state index contributed by atoms with van der Waals surface area (Å²) in [4.78, 5) is 17.1. The van der Waals surface area contributed by atoms with Crippen molar-refractivity contribution in [2.75, 3.05) is 11.1 Å². The lowest BCUT2D eigenvalue weighted by atomic mass is 10.3. The molecule has 0 radical (unpaired) electrons. The Bertz CT molecular complexity index is 731. The van der Waals surface area contributed by atoms with Gasteiger partial charge in [-0.1, -0.05) is 35.3 Å². The number of hydrogen-bond donors (Lipinski definition) is 1. The molecule has 1 amide bonds. The summed E-state index contributed by atoms with van der Waals surface area (Å²) in [6, 6.07) is 12.5. The molecule has 0 atom stereocenters. The molecule has 1 N–H and O–H groups in total. The maximum atomic E-state index is 12.3. The van der Waals surface area contributed by atoms with E-state index in [0.717, 1.165) is 4.90 Å². The molecule has 0 spiro atoms. The highest BCUT2D eigenvalue weighted by Crippen LogP contribution is 2.28. The second-order valence-electron chi connectivity index (χ2n) is 4.17. The van der Waals surface area contributed by atoms with E-state index in [1.54, 1.807) is 6.07 Å². The first-order valence-electron chi connectivity index (χ1n) is 6.34. The minimum Gasteiger partial charge on any atom is -0.320 e. The van der Waals surface area contributed by atoms with Gasteiger partial charge in [0.2, 0.25) is 0 Å². The van der Waals surface area contributed by atoms with E-state index in [1.807, 2.05) is 18.2 Å². The van der Waals surface area contributed by atoms with Gasteiger partial charge in [-0.05, 0) is 24.3 Å². The third-order valence-corrected chi connectivity index (χ3v) is 4.22. The van der Waals surface area contributed by atoms with E-state index >= 15 is 0 Å². The summed E-state index contributed by atoms with van der Waals surface area (Å²) in [7, 11) is 0. The average molecular weight is 352 g/mol. The number of halogens is 2. The first kappa shape index (κ1) is 16.6. The van der Waals surface area contributed by atoms with Crippen molar-refractivity contribution in [3.05, 3.63) is 52.3 Å². The van der Waals surface area contributed by atoms with E-state index in [-0.39, 0.29) is 15.9 Å². The fourth-order valence-electron chi connectivity index (χ4n) is 1.66. The third-order valence-electron chi connectivity index (χ3n) is 2.63. The number of aromatic nitrogens is 1. The molecule has 0 fully saturated rings. The minimum atomic E-state index is -0.430. The van der Waals surface area contributed by atoms with Crippen LogP contribution in [0.5, 0.6) is 0 Å². The molecule has 1 aromatic carbocycles. The molecule has 0 unspecified atom stereocenters. The number of carbonyl (C=O) groups excluding carboxylic acids is 1. The quantitative estimate of drug-likeness (QED) is 0.483. The molecule has 2 rings (SSSR count). The number of para-hydroxylation sites is 1. The van der Waals surface area contributed by atoms with Gasteiger partial charge in [-0.2, -0.15) is 5.26 Å². The van der Waals surface area contributed by atoms with Crippen LogP contribution in [0.15, 0.2) is 41.3 Å². The molecule has 4 nitrogen and oxygen atoms in total. The number of pyridine rings is 1. The fourth-order valence-corrected chi connectivity index (χ4v) is 2.86. The standard InChI is InChI=1S/C15H11Cl2N3OS/c16-10-6-7-13(17)20-14(10)15(21)19-11-4-1-2-5-12(11)22-9-3-8-18/h1-2,4-7H,3,9H2,(H,19,21). The maximum absolute atomic E-state index is 12.3. The van der Waals surface area contributed by atoms with Gasteiger partial charge < -0.3 is 5.32 Å². The number of rotatable bonds is 5. The number of anilines is 1. The summed E-state index contributed by atoms with van der Waals surface area (Å²) < 4.78 is 0. The smallest absolute Gasteiger partial charge is 0.275 e. The Hall–Kier alpha value is -1.74. The van der Waals surface area contributed by atoms with Crippen LogP contribution in [0.3, 0.4) is 0 Å². The van der Waals surface area contributed by atoms with Crippen LogP contribution in [0.4, 0.5) is 5.69 Å². The highest BCUT2D eigenvalue weighted by Gasteiger charge is 2.14. The van der Waals surface area contributed by atoms with Crippen molar-refractivity contribution in [1.82, 2.24) is 4.98 Å². The molecule has 22 heavy (non-hydrogen) atoms. The lowest BCUT2D eigenvalue weighted by Crippen LogP contribution is -2.15. The summed E-state index contributed by atoms with van der Waals surface area (Å²) in [5.74, 6) is 0.223. The van der Waals surface area contributed by atoms with Crippen molar-refractivity contribution in [1.29, 1.82) is 5.26 Å². The second-order valence-corrected chi connectivity index (χ2v) is 6.10. The van der Waals surface area contributed by atoms with Crippen LogP contribution < -0.4 is 5.32 Å². The fraction of sp³-hybridized carbons (Fsp3) is 0.133. The molecule has 1 aromatic heterocycles. The van der Waals surface area contributed by atoms with Gasteiger partial charge in [0.05, 0.1) is 16.8 Å². The third kappa shape index (κ3) is 4.38. The summed E-state index contributed by atoms with van der Waals surface area (Å²) >= 11 is 13.3. The Morgan fingerprint density at radius 2 is 2.05 bits per heavy atom. The minimum absolute atomic E-state index is 0.0750. The number of nitrogens with one attached hydrogen (secondary N) is 1. The van der Waals surface area contributed by atoms with Crippen molar-refractivity contribution in [2.24, 2.45) is 0 Å². The first-order valence-corrected chi connectivity index (χ1v) is 8.08. The van der Waals surface area contributed by atoms with Crippen LogP contribution >= 0.6 is 35.0 Å². The van der Waals surface area contributed by atoms with Gasteiger partial charge in [0, 0.05) is 17.1 Å². The van der Waals surface area contributed by atoms with Crippen molar-refractivity contribution < 1.29 is 4.79 Å². The van der Waals surface area contributed by atoms with E-state index in [2.05, 4.69) is 16.4 Å². The van der Waals surface area contributed by atoms with E-state index in [9.17, 15) is 4.79 Å². The zero-order chi connectivity index (χ0) is 15.9. The zero-order valence-electron chi connectivity index (χ0n) is 11.3. The molecule has 0 saturated heterocycles. The Morgan fingerprint density at radius 3 is 2.82 bits per heavy atom. The molecule has 2 aromatic rings. The van der Waals surface area contributed by atoms with Gasteiger partial charge >= 0.3 is 0 Å². The molecule has 0 bridgehead atoms. The number of nitrogens with zero attached hydrogens (tertiary/aromatic N) is 2. The van der Waals surface area contributed by atoms with Crippen molar-refractivity contribution in [3.63, 3.8) is 0 Å². The lowest BCUT2D eigenvalue weighted by molar-refractivity contribution is 0.102. The molecule has 0 saturated carbocycles. The monoisotopic (exact) mass is 351 g/mol. The Kier molecular flexibility index (Phi) is 6.08. The van der Waals surface area contributed by atoms with Crippen LogP contribution in [0.2, 0.25) is 10.2 Å². The Labute approximate surface area is 142 Å². The molecule has 0 aliphatic carbocycles. The SMILES string of the molecule is N#CCCSc1ccccc1NC(=O)c1nc(Cl)ccc1Cl. The maximum Gasteiger partial charge on any atom is 0.275 e. The van der Waals surface area contributed by atoms with Crippen molar-refractivity contribution >= 4 is 46.6 Å². The van der Waals surface area contributed by atoms with Gasteiger partial charge in [0.1, 0.15) is 10.8 Å². The van der Waals surface area contributed by atoms with Crippen molar-refractivity contribution in [3.8, 4) is 6.07 Å². The van der Waals surface area contributed by atoms with Crippen molar-refractivity contribution in [2.45, 2.75) is 11.3 Å². The molecule has 0 aliphatic rings. The molecule has 7 heteroatoms. The normalized spacial score (nSPS) is 10.0. The molecular formula is C15H11Cl2N3OS. The van der Waals surface area contributed by atoms with Crippen LogP contribution in [-0.4, -0.2) is 16.6 Å². The summed E-state index contributed by atoms with van der Waals surface area (Å²) in [5, 5.41) is 11.8. The zero-order valence-corrected chi connectivity index (χ0v) is 13.7. The van der Waals surface area contributed by atoms with Gasteiger partial charge in [-0.15, -0.1) is 11.8 Å². The predicted molar refractivity (Wildman–Crippen MR) is 89.6 cm³/mol. The summed E-state index contributed by atoms with van der Waals surface area (Å²) in [5.41, 5.74) is 0.722. The molecule has 1 heterocycles. The number of hydrogen-bond acceptors (Lipinski definition) is 4. The lowest BCUT2D eigenvalue weighted by Gasteiger charge is -2.10. The summed E-state index contributed by atoms with van der Waals surface area (Å²) in [6.45, 7) is 0. The highest BCUT2D eigenvalue weighted by molar-refractivity contribution is 7.99. The van der Waals surface area contributed by atoms with Crippen LogP contribution in [0.25, 0.3) is 0 Å². The topological polar surface area (TPSA) is 65.8 Å². The van der Waals surface area contributed by atoms with Gasteiger partial charge in [-0.3, -0.25) is 4.79 Å². The number of nitriles is 1. The van der Waals surface area contributed by atoms with E-state index in [0.29, 0.717) is 17.9 Å². The highest BCUT2D eigenvalue weighted by atomic mass is 35.5. The predicted octanol–water partition coefficient (Wildman–Crippen LogP) is 4.65. The Balaban J connectivity index is 2.18. The van der Waals surface area contributed by atoms with E-state index in [1.165, 1.54) is 23.9 Å². The molecule has 0 aliphatic heterocycles. The first-order chi connectivity index (χ1) is 10.6. The number of benzene rings is 1. The van der Waals surface area contributed by atoms with Crippen LogP contribution in [0, 0.1) is 11.3 Å². The van der Waals surface area contributed by atoms with Crippen LogP contribution in [0.1, 0.15) is 16.9 Å². The van der Waals surface area contributed by atoms with Gasteiger partial charge in [0.25, 0.3) is 5.91 Å². The molecular weight excluding hydrogens is 341 g/mol. The van der Waals surface area contributed by atoms with Gasteiger partial charge in [-0.25, -0.2) is 4.98 Å². The second kappa shape index (κ2) is 8.04. The van der Waals surface area contributed by atoms with Gasteiger partial charge in [0.15, 0.2) is 0 Å². The van der Waals surface area contributed by atoms with E-state index < -0.39 is 5.91 Å². The Morgan fingerprint density at radius 1 is 1.27 bits per heavy atom. The van der Waals surface area contributed by atoms with E-state index in [4.69, 9.17) is 28.5 Å². The van der Waals surface area contributed by atoms with Crippen LogP contribution in [-0.2, 0) is 0 Å². The number of amides is 1. The largest absolute Gasteiger partial charge is 0.320 e. The average Bonchev–Trinajstić information content (AvgIpc) is 2.51.